The fourth-order valence-electron chi connectivity index (χ4n) is 7.60. The van der Waals surface area contributed by atoms with Gasteiger partial charge in [0, 0.05) is 12.8 Å². The average Bonchev–Trinajstić information content (AvgIpc) is 2.57. The number of ketones is 1. The lowest BCUT2D eigenvalue weighted by Gasteiger charge is -2.63. The summed E-state index contributed by atoms with van der Waals surface area (Å²) in [5.41, 5.74) is 2.50. The van der Waals surface area contributed by atoms with Crippen molar-refractivity contribution < 1.29 is 4.79 Å². The lowest BCUT2D eigenvalue weighted by Crippen LogP contribution is -2.57. The molecule has 0 unspecified atom stereocenters. The molecule has 1 nitrogen and oxygen atoms in total. The number of hydrogen-bond acceptors (Lipinski definition) is 1. The fourth-order valence-corrected chi connectivity index (χ4v) is 7.60. The zero-order chi connectivity index (χ0) is 15.0. The summed E-state index contributed by atoms with van der Waals surface area (Å²) in [6, 6.07) is 0. The van der Waals surface area contributed by atoms with E-state index in [0.717, 1.165) is 30.6 Å². The lowest BCUT2D eigenvalue weighted by atomic mass is 9.41. The van der Waals surface area contributed by atoms with Gasteiger partial charge in [-0.2, -0.15) is 0 Å². The molecule has 0 aromatic heterocycles. The summed E-state index contributed by atoms with van der Waals surface area (Å²) in [4.78, 5) is 12.5. The molecule has 0 saturated heterocycles. The topological polar surface area (TPSA) is 17.1 Å². The molecular formula is C20H30O. The third-order valence-electron chi connectivity index (χ3n) is 8.05. The Bertz CT molecular complexity index is 516. The Labute approximate surface area is 129 Å². The van der Waals surface area contributed by atoms with Crippen LogP contribution in [0.15, 0.2) is 12.2 Å². The number of carbonyl (C=O) groups excluding carboxylic acids is 1. The quantitative estimate of drug-likeness (QED) is 0.562. The number of hydrogen-bond donors (Lipinski definition) is 0. The average molecular weight is 286 g/mol. The van der Waals surface area contributed by atoms with E-state index in [1.165, 1.54) is 44.1 Å². The van der Waals surface area contributed by atoms with Crippen LogP contribution in [0, 0.1) is 34.0 Å². The third kappa shape index (κ3) is 1.72. The third-order valence-corrected chi connectivity index (χ3v) is 8.05. The molecule has 4 aliphatic carbocycles. The van der Waals surface area contributed by atoms with Crippen molar-refractivity contribution in [3.8, 4) is 0 Å². The Hall–Kier alpha value is -0.590. The van der Waals surface area contributed by atoms with Crippen molar-refractivity contribution >= 4 is 5.78 Å². The second kappa shape index (κ2) is 4.03. The second-order valence-corrected chi connectivity index (χ2v) is 9.71. The number of carbonyl (C=O) groups is 1. The highest BCUT2D eigenvalue weighted by molar-refractivity contribution is 5.81. The minimum Gasteiger partial charge on any atom is -0.300 e. The maximum absolute atomic E-state index is 12.5. The molecule has 0 aromatic carbocycles. The predicted octanol–water partition coefficient (Wildman–Crippen LogP) is 5.15. The van der Waals surface area contributed by atoms with Crippen LogP contribution in [0.5, 0.6) is 0 Å². The molecule has 0 radical (unpaired) electrons. The summed E-state index contributed by atoms with van der Waals surface area (Å²) in [5, 5.41) is 0. The molecule has 0 heterocycles. The second-order valence-electron chi connectivity index (χ2n) is 9.71. The summed E-state index contributed by atoms with van der Waals surface area (Å²) in [6.07, 6.45) is 9.72. The summed E-state index contributed by atoms with van der Waals surface area (Å²) in [7, 11) is 0. The van der Waals surface area contributed by atoms with E-state index < -0.39 is 0 Å². The lowest BCUT2D eigenvalue weighted by molar-refractivity contribution is -0.161. The molecule has 4 rings (SSSR count). The van der Waals surface area contributed by atoms with Crippen molar-refractivity contribution in [1.82, 2.24) is 0 Å². The Morgan fingerprint density at radius 1 is 1.00 bits per heavy atom. The molecule has 0 aliphatic heterocycles. The maximum Gasteiger partial charge on any atom is 0.134 e. The Balaban J connectivity index is 1.77. The standard InChI is InChI=1S/C20H30O/c1-13-9-20-8-7-16-18(2,3)11-15(21)12-19(16,4)17(20)6-5-14(13)10-20/h14,16-17H,1,5-12H2,2-4H3/t14-,16-,17-,19-,20+/m0/s1. The molecule has 1 spiro atoms. The first-order valence-corrected chi connectivity index (χ1v) is 8.96. The van der Waals surface area contributed by atoms with Gasteiger partial charge in [0.05, 0.1) is 0 Å². The Kier molecular flexibility index (Phi) is 2.69. The largest absolute Gasteiger partial charge is 0.300 e. The van der Waals surface area contributed by atoms with Crippen LogP contribution in [-0.4, -0.2) is 5.78 Å². The Morgan fingerprint density at radius 3 is 2.52 bits per heavy atom. The highest BCUT2D eigenvalue weighted by Crippen LogP contribution is 2.71. The molecule has 116 valence electrons. The zero-order valence-electron chi connectivity index (χ0n) is 14.0. The zero-order valence-corrected chi connectivity index (χ0v) is 14.0. The van der Waals surface area contributed by atoms with E-state index >= 15 is 0 Å². The molecule has 21 heavy (non-hydrogen) atoms. The van der Waals surface area contributed by atoms with Crippen LogP contribution in [0.2, 0.25) is 0 Å². The smallest absolute Gasteiger partial charge is 0.134 e. The van der Waals surface area contributed by atoms with Gasteiger partial charge in [-0.25, -0.2) is 0 Å². The minimum atomic E-state index is 0.207. The van der Waals surface area contributed by atoms with E-state index in [1.54, 1.807) is 0 Å². The van der Waals surface area contributed by atoms with Crippen LogP contribution in [-0.2, 0) is 4.79 Å². The van der Waals surface area contributed by atoms with Crippen molar-refractivity contribution in [3.63, 3.8) is 0 Å². The van der Waals surface area contributed by atoms with Crippen LogP contribution < -0.4 is 0 Å². The van der Waals surface area contributed by atoms with E-state index in [1.807, 2.05) is 0 Å². The number of allylic oxidation sites excluding steroid dienone is 1. The predicted molar refractivity (Wildman–Crippen MR) is 85.9 cm³/mol. The summed E-state index contributed by atoms with van der Waals surface area (Å²) < 4.78 is 0. The molecule has 4 fully saturated rings. The Morgan fingerprint density at radius 2 is 1.76 bits per heavy atom. The maximum atomic E-state index is 12.5. The SMILES string of the molecule is C=C1C[C@@]23CC[C@H]4C(C)(C)CC(=O)C[C@]4(C)[C@@H]2CC[C@H]1C3. The molecule has 5 atom stereocenters. The van der Waals surface area contributed by atoms with Gasteiger partial charge in [0.1, 0.15) is 5.78 Å². The monoisotopic (exact) mass is 286 g/mol. The van der Waals surface area contributed by atoms with Gasteiger partial charge in [-0.3, -0.25) is 4.79 Å². The van der Waals surface area contributed by atoms with E-state index in [0.29, 0.717) is 11.2 Å². The van der Waals surface area contributed by atoms with Crippen LogP contribution in [0.4, 0.5) is 0 Å². The minimum absolute atomic E-state index is 0.207. The summed E-state index contributed by atoms with van der Waals surface area (Å²) in [5.74, 6) is 2.83. The molecule has 0 aromatic rings. The normalized spacial score (nSPS) is 51.5. The van der Waals surface area contributed by atoms with E-state index in [2.05, 4.69) is 27.4 Å². The number of rotatable bonds is 0. The number of fused-ring (bicyclic) bond motifs is 3. The molecule has 2 bridgehead atoms. The highest BCUT2D eigenvalue weighted by atomic mass is 16.1. The molecule has 4 aliphatic rings. The first kappa shape index (κ1) is 14.0. The molecule has 0 N–H and O–H groups in total. The van der Waals surface area contributed by atoms with Crippen molar-refractivity contribution in [3.05, 3.63) is 12.2 Å². The van der Waals surface area contributed by atoms with Crippen molar-refractivity contribution in [2.24, 2.45) is 34.0 Å². The van der Waals surface area contributed by atoms with Gasteiger partial charge in [0.25, 0.3) is 0 Å². The van der Waals surface area contributed by atoms with Crippen molar-refractivity contribution in [2.45, 2.75) is 72.1 Å². The van der Waals surface area contributed by atoms with Crippen molar-refractivity contribution in [2.75, 3.05) is 0 Å². The summed E-state index contributed by atoms with van der Waals surface area (Å²) >= 11 is 0. The van der Waals surface area contributed by atoms with Crippen LogP contribution in [0.3, 0.4) is 0 Å². The van der Waals surface area contributed by atoms with E-state index in [4.69, 9.17) is 0 Å². The van der Waals surface area contributed by atoms with Crippen LogP contribution in [0.25, 0.3) is 0 Å². The highest BCUT2D eigenvalue weighted by Gasteiger charge is 2.63. The number of Topliss-reactive ketones (excluding diaryl/α,β-unsaturated/α-hetero) is 1. The van der Waals surface area contributed by atoms with Gasteiger partial charge < -0.3 is 0 Å². The van der Waals surface area contributed by atoms with E-state index in [9.17, 15) is 4.79 Å². The van der Waals surface area contributed by atoms with Crippen LogP contribution in [0.1, 0.15) is 72.1 Å². The van der Waals surface area contributed by atoms with Gasteiger partial charge in [0.2, 0.25) is 0 Å². The van der Waals surface area contributed by atoms with Gasteiger partial charge in [-0.05, 0) is 72.5 Å². The van der Waals surface area contributed by atoms with E-state index in [-0.39, 0.29) is 10.8 Å². The van der Waals surface area contributed by atoms with Gasteiger partial charge in [-0.1, -0.05) is 32.9 Å². The summed E-state index contributed by atoms with van der Waals surface area (Å²) in [6.45, 7) is 11.6. The molecular weight excluding hydrogens is 256 g/mol. The van der Waals surface area contributed by atoms with Gasteiger partial charge >= 0.3 is 0 Å². The van der Waals surface area contributed by atoms with Crippen molar-refractivity contribution in [1.29, 1.82) is 0 Å². The fraction of sp³-hybridized carbons (Fsp3) is 0.850. The van der Waals surface area contributed by atoms with Gasteiger partial charge in [-0.15, -0.1) is 0 Å². The molecule has 4 saturated carbocycles. The van der Waals surface area contributed by atoms with Crippen LogP contribution >= 0.6 is 0 Å². The first-order chi connectivity index (χ1) is 9.77. The van der Waals surface area contributed by atoms with Gasteiger partial charge in [0.15, 0.2) is 0 Å². The first-order valence-electron chi connectivity index (χ1n) is 8.96. The molecule has 1 heteroatoms. The molecule has 0 amide bonds.